The molecule has 0 aliphatic heterocycles. The Morgan fingerprint density at radius 1 is 1.10 bits per heavy atom. The molecular formula is C15H28N4O. The summed E-state index contributed by atoms with van der Waals surface area (Å²) in [5, 5.41) is 16.8. The molecule has 0 fully saturated rings. The summed E-state index contributed by atoms with van der Waals surface area (Å²) in [6.45, 7) is 11.5. The van der Waals surface area contributed by atoms with Crippen LogP contribution in [0.3, 0.4) is 0 Å². The summed E-state index contributed by atoms with van der Waals surface area (Å²) in [4.78, 5) is 9.00. The zero-order valence-electron chi connectivity index (χ0n) is 13.3. The molecule has 1 aromatic heterocycles. The van der Waals surface area contributed by atoms with Crippen LogP contribution >= 0.6 is 0 Å². The van der Waals surface area contributed by atoms with Crippen molar-refractivity contribution in [1.82, 2.24) is 9.97 Å². The third-order valence-electron chi connectivity index (χ3n) is 3.53. The van der Waals surface area contributed by atoms with Crippen LogP contribution in [-0.4, -0.2) is 33.8 Å². The number of aliphatic hydroxyl groups is 1. The van der Waals surface area contributed by atoms with Crippen molar-refractivity contribution in [3.63, 3.8) is 0 Å². The summed E-state index contributed by atoms with van der Waals surface area (Å²) in [5.74, 6) is 2.66. The van der Waals surface area contributed by atoms with Crippen molar-refractivity contribution in [3.05, 3.63) is 11.9 Å². The van der Waals surface area contributed by atoms with Crippen LogP contribution in [0.15, 0.2) is 6.07 Å². The molecular weight excluding hydrogens is 252 g/mol. The molecule has 0 radical (unpaired) electrons. The lowest BCUT2D eigenvalue weighted by Crippen LogP contribution is -2.35. The van der Waals surface area contributed by atoms with E-state index in [9.17, 15) is 5.11 Å². The second kappa shape index (κ2) is 7.43. The predicted octanol–water partition coefficient (Wildman–Crippen LogP) is 2.99. The number of nitrogens with zero attached hydrogens (tertiary/aromatic N) is 2. The third kappa shape index (κ3) is 4.63. The molecule has 20 heavy (non-hydrogen) atoms. The van der Waals surface area contributed by atoms with E-state index < -0.39 is 5.60 Å². The summed E-state index contributed by atoms with van der Waals surface area (Å²) in [7, 11) is 0. The molecule has 0 bridgehead atoms. The largest absolute Gasteiger partial charge is 0.388 e. The lowest BCUT2D eigenvalue weighted by atomic mass is 9.98. The number of aromatic nitrogens is 2. The Kier molecular flexibility index (Phi) is 6.20. The molecule has 1 heterocycles. The minimum atomic E-state index is -0.679. The summed E-state index contributed by atoms with van der Waals surface area (Å²) >= 11 is 0. The Bertz CT molecular complexity index is 416. The van der Waals surface area contributed by atoms with Gasteiger partial charge in [0.05, 0.1) is 5.60 Å². The average molecular weight is 280 g/mol. The number of anilines is 2. The maximum absolute atomic E-state index is 10.3. The normalized spacial score (nSPS) is 11.8. The van der Waals surface area contributed by atoms with Crippen molar-refractivity contribution in [3.8, 4) is 0 Å². The summed E-state index contributed by atoms with van der Waals surface area (Å²) < 4.78 is 0. The molecule has 0 atom stereocenters. The smallest absolute Gasteiger partial charge is 0.135 e. The molecule has 0 saturated heterocycles. The number of hydrogen-bond donors (Lipinski definition) is 3. The lowest BCUT2D eigenvalue weighted by molar-refractivity contribution is 0.0456. The first-order valence-corrected chi connectivity index (χ1v) is 7.53. The fraction of sp³-hybridized carbons (Fsp3) is 0.733. The highest BCUT2D eigenvalue weighted by atomic mass is 16.3. The molecule has 1 rings (SSSR count). The van der Waals surface area contributed by atoms with Gasteiger partial charge < -0.3 is 15.7 Å². The van der Waals surface area contributed by atoms with Crippen LogP contribution in [0.5, 0.6) is 0 Å². The maximum atomic E-state index is 10.3. The second-order valence-electron chi connectivity index (χ2n) is 5.47. The summed E-state index contributed by atoms with van der Waals surface area (Å²) in [5.41, 5.74) is -0.679. The van der Waals surface area contributed by atoms with E-state index in [0.29, 0.717) is 6.54 Å². The molecule has 0 aliphatic rings. The molecule has 3 N–H and O–H groups in total. The molecule has 1 aromatic rings. The SMILES string of the molecule is CCNc1cc(NCC(O)(CC)CC)nc(C(C)C)n1. The second-order valence-corrected chi connectivity index (χ2v) is 5.47. The highest BCUT2D eigenvalue weighted by molar-refractivity contribution is 5.48. The maximum Gasteiger partial charge on any atom is 0.135 e. The molecule has 0 amide bonds. The topological polar surface area (TPSA) is 70.1 Å². The van der Waals surface area contributed by atoms with E-state index in [1.165, 1.54) is 0 Å². The highest BCUT2D eigenvalue weighted by Gasteiger charge is 2.22. The van der Waals surface area contributed by atoms with E-state index in [2.05, 4.69) is 34.4 Å². The first-order chi connectivity index (χ1) is 9.44. The van der Waals surface area contributed by atoms with Gasteiger partial charge in [0.2, 0.25) is 0 Å². The van der Waals surface area contributed by atoms with Gasteiger partial charge >= 0.3 is 0 Å². The number of rotatable bonds is 8. The van der Waals surface area contributed by atoms with Crippen LogP contribution in [0.25, 0.3) is 0 Å². The van der Waals surface area contributed by atoms with Crippen LogP contribution in [0, 0.1) is 0 Å². The molecule has 0 saturated carbocycles. The van der Waals surface area contributed by atoms with E-state index in [-0.39, 0.29) is 5.92 Å². The van der Waals surface area contributed by atoms with Gasteiger partial charge in [-0.25, -0.2) is 9.97 Å². The van der Waals surface area contributed by atoms with Crippen molar-refractivity contribution in [2.75, 3.05) is 23.7 Å². The van der Waals surface area contributed by atoms with Crippen LogP contribution in [0.4, 0.5) is 11.6 Å². The molecule has 0 unspecified atom stereocenters. The molecule has 0 spiro atoms. The minimum absolute atomic E-state index is 0.269. The van der Waals surface area contributed by atoms with Crippen molar-refractivity contribution in [2.24, 2.45) is 0 Å². The van der Waals surface area contributed by atoms with Crippen LogP contribution in [-0.2, 0) is 0 Å². The zero-order valence-corrected chi connectivity index (χ0v) is 13.3. The van der Waals surface area contributed by atoms with E-state index in [4.69, 9.17) is 0 Å². The van der Waals surface area contributed by atoms with E-state index >= 15 is 0 Å². The number of nitrogens with one attached hydrogen (secondary N) is 2. The Balaban J connectivity index is 2.88. The summed E-state index contributed by atoms with van der Waals surface area (Å²) in [6.07, 6.45) is 1.44. The van der Waals surface area contributed by atoms with Gasteiger partial charge in [-0.1, -0.05) is 27.7 Å². The van der Waals surface area contributed by atoms with Crippen molar-refractivity contribution >= 4 is 11.6 Å². The monoisotopic (exact) mass is 280 g/mol. The van der Waals surface area contributed by atoms with Crippen molar-refractivity contribution in [1.29, 1.82) is 0 Å². The van der Waals surface area contributed by atoms with Crippen molar-refractivity contribution < 1.29 is 5.11 Å². The predicted molar refractivity (Wildman–Crippen MR) is 84.3 cm³/mol. The Labute approximate surface area is 122 Å². The molecule has 5 nitrogen and oxygen atoms in total. The fourth-order valence-corrected chi connectivity index (χ4v) is 1.84. The quantitative estimate of drug-likeness (QED) is 0.683. The average Bonchev–Trinajstić information content (AvgIpc) is 2.45. The van der Waals surface area contributed by atoms with Gasteiger partial charge in [0, 0.05) is 25.1 Å². The van der Waals surface area contributed by atoms with Crippen LogP contribution in [0.1, 0.15) is 59.2 Å². The first kappa shape index (κ1) is 16.7. The van der Waals surface area contributed by atoms with E-state index in [0.717, 1.165) is 36.8 Å². The van der Waals surface area contributed by atoms with Crippen LogP contribution in [0.2, 0.25) is 0 Å². The Morgan fingerprint density at radius 2 is 1.65 bits per heavy atom. The fourth-order valence-electron chi connectivity index (χ4n) is 1.84. The molecule has 0 aliphatic carbocycles. The summed E-state index contributed by atoms with van der Waals surface area (Å²) in [6, 6.07) is 1.89. The van der Waals surface area contributed by atoms with Gasteiger partial charge in [0.15, 0.2) is 0 Å². The molecule has 114 valence electrons. The zero-order chi connectivity index (χ0) is 15.2. The molecule has 0 aromatic carbocycles. The number of hydrogen-bond acceptors (Lipinski definition) is 5. The molecule has 5 heteroatoms. The van der Waals surface area contributed by atoms with E-state index in [1.54, 1.807) is 0 Å². The lowest BCUT2D eigenvalue weighted by Gasteiger charge is -2.26. The Hall–Kier alpha value is -1.36. The highest BCUT2D eigenvalue weighted by Crippen LogP contribution is 2.19. The van der Waals surface area contributed by atoms with E-state index in [1.807, 2.05) is 26.8 Å². The Morgan fingerprint density at radius 3 is 2.10 bits per heavy atom. The van der Waals surface area contributed by atoms with Gasteiger partial charge in [0.25, 0.3) is 0 Å². The van der Waals surface area contributed by atoms with Crippen LogP contribution < -0.4 is 10.6 Å². The first-order valence-electron chi connectivity index (χ1n) is 7.53. The van der Waals surface area contributed by atoms with Gasteiger partial charge in [-0.05, 0) is 19.8 Å². The van der Waals surface area contributed by atoms with Gasteiger partial charge in [-0.3, -0.25) is 0 Å². The standard InChI is InChI=1S/C15H28N4O/c1-6-15(20,7-2)10-17-13-9-12(16-8-3)18-14(19-13)11(4)5/h9,11,20H,6-8,10H2,1-5H3,(H2,16,17,18,19). The van der Waals surface area contributed by atoms with Gasteiger partial charge in [-0.2, -0.15) is 0 Å². The minimum Gasteiger partial charge on any atom is -0.388 e. The van der Waals surface area contributed by atoms with Gasteiger partial charge in [0.1, 0.15) is 17.5 Å². The third-order valence-corrected chi connectivity index (χ3v) is 3.53. The van der Waals surface area contributed by atoms with Crippen molar-refractivity contribution in [2.45, 2.75) is 59.0 Å². The van der Waals surface area contributed by atoms with Gasteiger partial charge in [-0.15, -0.1) is 0 Å².